The highest BCUT2D eigenvalue weighted by Gasteiger charge is 2.32. The van der Waals surface area contributed by atoms with Crippen molar-refractivity contribution in [1.29, 1.82) is 0 Å². The number of aromatic amines is 1. The Labute approximate surface area is 215 Å². The molecule has 4 N–H and O–H groups in total. The topological polar surface area (TPSA) is 110 Å². The largest absolute Gasteiger partial charge is 0.381 e. The first-order chi connectivity index (χ1) is 17.4. The number of rotatable bonds is 9. The number of imidazole rings is 1. The number of amides is 1. The second kappa shape index (κ2) is 15.9. The predicted molar refractivity (Wildman–Crippen MR) is 147 cm³/mol. The minimum absolute atomic E-state index is 0.198. The average Bonchev–Trinajstić information content (AvgIpc) is 3.36. The fourth-order valence-corrected chi connectivity index (χ4v) is 3.94. The Bertz CT molecular complexity index is 1060. The Morgan fingerprint density at radius 3 is 2.39 bits per heavy atom. The second-order valence-corrected chi connectivity index (χ2v) is 9.46. The number of carbonyl (C=O) groups is 2. The Morgan fingerprint density at radius 1 is 1.08 bits per heavy atom. The third-order valence-electron chi connectivity index (χ3n) is 6.37. The molecule has 0 atom stereocenters. The van der Waals surface area contributed by atoms with Gasteiger partial charge in [-0.05, 0) is 56.6 Å². The van der Waals surface area contributed by atoms with Crippen LogP contribution >= 0.6 is 0 Å². The van der Waals surface area contributed by atoms with Gasteiger partial charge in [-0.2, -0.15) is 0 Å². The highest BCUT2D eigenvalue weighted by molar-refractivity contribution is 5.86. The zero-order valence-corrected chi connectivity index (χ0v) is 22.0. The Balaban J connectivity index is 0.000000292. The summed E-state index contributed by atoms with van der Waals surface area (Å²) in [6.07, 6.45) is 10.5. The summed E-state index contributed by atoms with van der Waals surface area (Å²) in [7, 11) is 3.75. The Hall–Kier alpha value is -3.03. The van der Waals surface area contributed by atoms with E-state index >= 15 is 0 Å². The number of hydrogen-bond acceptors (Lipinski definition) is 5. The van der Waals surface area contributed by atoms with E-state index in [1.807, 2.05) is 27.2 Å². The van der Waals surface area contributed by atoms with Crippen LogP contribution in [0.15, 0.2) is 48.7 Å². The summed E-state index contributed by atoms with van der Waals surface area (Å²) in [4.78, 5) is 29.0. The number of carbonyl (C=O) groups excluding carboxylic acids is 2. The summed E-state index contributed by atoms with van der Waals surface area (Å²) < 4.78 is 5.11. The van der Waals surface area contributed by atoms with Crippen molar-refractivity contribution >= 4 is 23.0 Å². The molecule has 1 amide bonds. The van der Waals surface area contributed by atoms with Gasteiger partial charge >= 0.3 is 0 Å². The van der Waals surface area contributed by atoms with E-state index in [0.717, 1.165) is 62.8 Å². The molecule has 7 heteroatoms. The van der Waals surface area contributed by atoms with E-state index in [2.05, 4.69) is 57.7 Å². The van der Waals surface area contributed by atoms with Crippen molar-refractivity contribution in [2.75, 3.05) is 27.3 Å². The fraction of sp³-hybridized carbons (Fsp3) is 0.483. The van der Waals surface area contributed by atoms with Gasteiger partial charge in [0, 0.05) is 31.6 Å². The zero-order valence-electron chi connectivity index (χ0n) is 22.0. The molecule has 1 aliphatic rings. The maximum Gasteiger partial charge on any atom is 0.223 e. The molecule has 7 nitrogen and oxygen atoms in total. The molecule has 1 aromatic heterocycles. The van der Waals surface area contributed by atoms with Crippen molar-refractivity contribution in [3.05, 3.63) is 54.5 Å². The Morgan fingerprint density at radius 2 is 1.75 bits per heavy atom. The molecule has 1 fully saturated rings. The summed E-state index contributed by atoms with van der Waals surface area (Å²) >= 11 is 0. The van der Waals surface area contributed by atoms with Crippen molar-refractivity contribution in [2.45, 2.75) is 58.3 Å². The van der Waals surface area contributed by atoms with E-state index in [4.69, 9.17) is 10.5 Å². The molecule has 0 saturated carbocycles. The lowest BCUT2D eigenvalue weighted by atomic mass is 9.82. The van der Waals surface area contributed by atoms with Gasteiger partial charge in [0.1, 0.15) is 12.1 Å². The zero-order chi connectivity index (χ0) is 26.2. The van der Waals surface area contributed by atoms with Gasteiger partial charge in [0.15, 0.2) is 0 Å². The summed E-state index contributed by atoms with van der Waals surface area (Å²) in [5, 5.41) is 5.25. The molecule has 0 aliphatic carbocycles. The van der Waals surface area contributed by atoms with Crippen LogP contribution in [-0.2, 0) is 20.7 Å². The lowest BCUT2D eigenvalue weighted by Gasteiger charge is -2.29. The number of fused-ring (bicyclic) bond motifs is 1. The average molecular weight is 495 g/mol. The molecule has 0 unspecified atom stereocenters. The molecular weight excluding hydrogens is 452 g/mol. The maximum atomic E-state index is 10.8. The lowest BCUT2D eigenvalue weighted by Crippen LogP contribution is -2.39. The summed E-state index contributed by atoms with van der Waals surface area (Å²) in [6, 6.07) is 14.9. The van der Waals surface area contributed by atoms with E-state index in [0.29, 0.717) is 19.6 Å². The fourth-order valence-electron chi connectivity index (χ4n) is 3.94. The molecule has 2 heterocycles. The molecule has 3 aromatic rings. The molecule has 1 aliphatic heterocycles. The molecule has 0 spiro atoms. The van der Waals surface area contributed by atoms with Gasteiger partial charge in [-0.15, -0.1) is 0 Å². The summed E-state index contributed by atoms with van der Waals surface area (Å²) in [5.74, 6) is 0.847. The molecule has 36 heavy (non-hydrogen) atoms. The monoisotopic (exact) mass is 494 g/mol. The van der Waals surface area contributed by atoms with E-state index < -0.39 is 0 Å². The third-order valence-corrected chi connectivity index (χ3v) is 6.37. The number of nitrogens with one attached hydrogen (secondary N) is 2. The minimum Gasteiger partial charge on any atom is -0.381 e. The van der Waals surface area contributed by atoms with Crippen LogP contribution in [0.3, 0.4) is 0 Å². The standard InChI is InChI=1S/C20H22N2O.C7H13NO2.C2H7N/c23-13-7-3-1-2-4-10-20-21-15-19(22-20)18-12-11-16-8-5-6-9-17(16)14-18;1-7(6(8)9)2-4-10-5-3-7;1-3-2/h5-6,8-9,11-15H,1-4,7,10H2,(H,21,22);2-5H2,1H3,(H2,8,9);3H,1-2H3. The number of aryl methyl sites for hydroxylation is 1. The highest BCUT2D eigenvalue weighted by Crippen LogP contribution is 2.28. The van der Waals surface area contributed by atoms with Gasteiger partial charge < -0.3 is 25.6 Å². The molecule has 0 radical (unpaired) electrons. The van der Waals surface area contributed by atoms with Gasteiger partial charge in [0.05, 0.1) is 17.3 Å². The van der Waals surface area contributed by atoms with E-state index in [9.17, 15) is 9.59 Å². The van der Waals surface area contributed by atoms with Crippen LogP contribution in [0.4, 0.5) is 0 Å². The van der Waals surface area contributed by atoms with Gasteiger partial charge in [0.25, 0.3) is 0 Å². The number of H-pyrrole nitrogens is 1. The van der Waals surface area contributed by atoms with Crippen LogP contribution in [0.1, 0.15) is 57.7 Å². The van der Waals surface area contributed by atoms with Crippen LogP contribution in [0.5, 0.6) is 0 Å². The highest BCUT2D eigenvalue weighted by atomic mass is 16.5. The van der Waals surface area contributed by atoms with Crippen LogP contribution in [-0.4, -0.2) is 49.5 Å². The summed E-state index contributed by atoms with van der Waals surface area (Å²) in [6.45, 7) is 3.23. The molecule has 1 saturated heterocycles. The van der Waals surface area contributed by atoms with Crippen molar-refractivity contribution in [3.8, 4) is 11.3 Å². The van der Waals surface area contributed by atoms with Crippen LogP contribution in [0, 0.1) is 5.41 Å². The number of nitrogens with zero attached hydrogens (tertiary/aromatic N) is 1. The number of nitrogens with two attached hydrogens (primary N) is 1. The lowest BCUT2D eigenvalue weighted by molar-refractivity contribution is -0.131. The predicted octanol–water partition coefficient (Wildman–Crippen LogP) is 5.05. The first kappa shape index (κ1) is 29.2. The van der Waals surface area contributed by atoms with Crippen LogP contribution in [0.25, 0.3) is 22.0 Å². The number of hydrogen-bond donors (Lipinski definition) is 3. The Kier molecular flexibility index (Phi) is 12.9. The van der Waals surface area contributed by atoms with E-state index in [1.54, 1.807) is 0 Å². The van der Waals surface area contributed by atoms with Crippen molar-refractivity contribution < 1.29 is 14.3 Å². The number of unbranched alkanes of at least 4 members (excludes halogenated alkanes) is 4. The molecule has 196 valence electrons. The molecular formula is C29H42N4O3. The summed E-state index contributed by atoms with van der Waals surface area (Å²) in [5.41, 5.74) is 7.15. The van der Waals surface area contributed by atoms with E-state index in [-0.39, 0.29) is 11.3 Å². The molecule has 4 rings (SSSR count). The van der Waals surface area contributed by atoms with Crippen molar-refractivity contribution in [3.63, 3.8) is 0 Å². The second-order valence-electron chi connectivity index (χ2n) is 9.46. The number of primary amides is 1. The molecule has 0 bridgehead atoms. The van der Waals surface area contributed by atoms with E-state index in [1.165, 1.54) is 16.3 Å². The van der Waals surface area contributed by atoms with Gasteiger partial charge in [-0.1, -0.05) is 56.2 Å². The first-order valence-corrected chi connectivity index (χ1v) is 12.9. The van der Waals surface area contributed by atoms with Crippen molar-refractivity contribution in [2.24, 2.45) is 11.1 Å². The smallest absolute Gasteiger partial charge is 0.223 e. The normalized spacial score (nSPS) is 14.2. The third kappa shape index (κ3) is 9.55. The quantitative estimate of drug-likeness (QED) is 0.285. The van der Waals surface area contributed by atoms with Gasteiger partial charge in [-0.25, -0.2) is 4.98 Å². The van der Waals surface area contributed by atoms with Gasteiger partial charge in [-0.3, -0.25) is 4.79 Å². The molecule has 2 aromatic carbocycles. The number of aromatic nitrogens is 2. The van der Waals surface area contributed by atoms with Gasteiger partial charge in [0.2, 0.25) is 5.91 Å². The van der Waals surface area contributed by atoms with Crippen molar-refractivity contribution in [1.82, 2.24) is 15.3 Å². The van der Waals surface area contributed by atoms with Crippen LogP contribution < -0.4 is 11.1 Å². The maximum absolute atomic E-state index is 10.8. The number of benzene rings is 2. The van der Waals surface area contributed by atoms with Crippen LogP contribution in [0.2, 0.25) is 0 Å². The number of ether oxygens (including phenoxy) is 1. The number of aldehydes is 1. The first-order valence-electron chi connectivity index (χ1n) is 12.9. The SMILES string of the molecule is CC1(C(N)=O)CCOCC1.CNC.O=CCCCCCCc1ncc(-c2ccc3ccccc3c2)[nH]1. The minimum atomic E-state index is -0.307.